The van der Waals surface area contributed by atoms with Crippen LogP contribution in [0.3, 0.4) is 0 Å². The molecule has 2 aromatic rings. The van der Waals surface area contributed by atoms with Gasteiger partial charge in [-0.25, -0.2) is 0 Å². The summed E-state index contributed by atoms with van der Waals surface area (Å²) in [5, 5.41) is 10.0. The second kappa shape index (κ2) is 6.59. The van der Waals surface area contributed by atoms with E-state index >= 15 is 0 Å². The highest BCUT2D eigenvalue weighted by Gasteiger charge is 2.21. The zero-order valence-electron chi connectivity index (χ0n) is 11.8. The number of nitrogens with zero attached hydrogens (tertiary/aromatic N) is 1. The van der Waals surface area contributed by atoms with E-state index in [1.807, 2.05) is 13.0 Å². The van der Waals surface area contributed by atoms with Gasteiger partial charge in [0.05, 0.1) is 13.0 Å². The molecule has 4 nitrogen and oxygen atoms in total. The summed E-state index contributed by atoms with van der Waals surface area (Å²) in [6.07, 6.45) is 0.301. The Bertz CT molecular complexity index is 640. The molecule has 21 heavy (non-hydrogen) atoms. The van der Waals surface area contributed by atoms with Crippen molar-refractivity contribution in [2.45, 2.75) is 19.3 Å². The molecular formula is C16H16ClNO3. The molecule has 0 amide bonds. The van der Waals surface area contributed by atoms with Crippen LogP contribution >= 0.6 is 11.6 Å². The van der Waals surface area contributed by atoms with E-state index < -0.39 is 11.9 Å². The van der Waals surface area contributed by atoms with Gasteiger partial charge in [0.2, 0.25) is 0 Å². The van der Waals surface area contributed by atoms with Crippen molar-refractivity contribution in [1.29, 1.82) is 0 Å². The fraction of sp³-hybridized carbons (Fsp3) is 0.250. The number of halogens is 1. The molecule has 5 heteroatoms. The topological polar surface area (TPSA) is 59.4 Å². The zero-order valence-corrected chi connectivity index (χ0v) is 12.6. The Kier molecular flexibility index (Phi) is 4.81. The molecule has 0 saturated heterocycles. The van der Waals surface area contributed by atoms with Gasteiger partial charge in [-0.15, -0.1) is 0 Å². The van der Waals surface area contributed by atoms with E-state index in [1.54, 1.807) is 37.4 Å². The zero-order chi connectivity index (χ0) is 15.4. The Morgan fingerprint density at radius 1 is 1.33 bits per heavy atom. The van der Waals surface area contributed by atoms with Crippen molar-refractivity contribution in [2.24, 2.45) is 0 Å². The first-order chi connectivity index (χ1) is 9.99. The van der Waals surface area contributed by atoms with Gasteiger partial charge < -0.3 is 9.84 Å². The third-order valence-corrected chi connectivity index (χ3v) is 3.45. The molecule has 1 heterocycles. The molecular weight excluding hydrogens is 290 g/mol. The molecule has 0 saturated carbocycles. The number of aliphatic carboxylic acids is 1. The summed E-state index contributed by atoms with van der Waals surface area (Å²) in [6, 6.07) is 10.4. The molecule has 1 atom stereocenters. The Morgan fingerprint density at radius 2 is 2.00 bits per heavy atom. The van der Waals surface area contributed by atoms with E-state index in [2.05, 4.69) is 4.98 Å². The molecule has 0 fully saturated rings. The number of aryl methyl sites for hydroxylation is 1. The van der Waals surface area contributed by atoms with E-state index in [9.17, 15) is 9.90 Å². The number of carbonyl (C=O) groups is 1. The number of carboxylic acids is 1. The van der Waals surface area contributed by atoms with E-state index in [0.717, 1.165) is 5.69 Å². The van der Waals surface area contributed by atoms with E-state index in [1.165, 1.54) is 0 Å². The van der Waals surface area contributed by atoms with Crippen LogP contribution in [0, 0.1) is 6.92 Å². The minimum Gasteiger partial charge on any atom is -0.497 e. The van der Waals surface area contributed by atoms with Crippen LogP contribution in [0.1, 0.15) is 22.9 Å². The van der Waals surface area contributed by atoms with Gasteiger partial charge in [-0.3, -0.25) is 9.78 Å². The number of rotatable bonds is 5. The predicted molar refractivity (Wildman–Crippen MR) is 81.1 cm³/mol. The maximum Gasteiger partial charge on any atom is 0.311 e. The molecule has 2 rings (SSSR count). The van der Waals surface area contributed by atoms with Gasteiger partial charge in [0, 0.05) is 35.0 Å². The first-order valence-electron chi connectivity index (χ1n) is 6.49. The van der Waals surface area contributed by atoms with Gasteiger partial charge in [-0.2, -0.15) is 0 Å². The number of aromatic nitrogens is 1. The first-order valence-corrected chi connectivity index (χ1v) is 6.87. The number of carboxylic acid groups (broad SMARTS) is 1. The first kappa shape index (κ1) is 15.3. The maximum absolute atomic E-state index is 11.5. The molecule has 0 bridgehead atoms. The SMILES string of the molecule is COc1cc(C)nc(CC(C(=O)O)c2ccc(Cl)cc2)c1. The summed E-state index contributed by atoms with van der Waals surface area (Å²) >= 11 is 5.84. The van der Waals surface area contributed by atoms with Crippen molar-refractivity contribution in [3.05, 3.63) is 58.4 Å². The van der Waals surface area contributed by atoms with Crippen molar-refractivity contribution in [1.82, 2.24) is 4.98 Å². The van der Waals surface area contributed by atoms with Crippen LogP contribution in [-0.4, -0.2) is 23.2 Å². The minimum absolute atomic E-state index is 0.301. The van der Waals surface area contributed by atoms with Crippen LogP contribution < -0.4 is 4.74 Å². The smallest absolute Gasteiger partial charge is 0.311 e. The standard InChI is InChI=1S/C16H16ClNO3/c1-10-7-14(21-2)8-13(18-10)9-15(16(19)20)11-3-5-12(17)6-4-11/h3-8,15H,9H2,1-2H3,(H,19,20). The molecule has 1 unspecified atom stereocenters. The van der Waals surface area contributed by atoms with Crippen LogP contribution in [0.4, 0.5) is 0 Å². The van der Waals surface area contributed by atoms with Gasteiger partial charge in [0.25, 0.3) is 0 Å². The average Bonchev–Trinajstić information content (AvgIpc) is 2.45. The van der Waals surface area contributed by atoms with E-state index in [0.29, 0.717) is 28.5 Å². The van der Waals surface area contributed by atoms with Crippen LogP contribution in [0.15, 0.2) is 36.4 Å². The normalized spacial score (nSPS) is 12.0. The lowest BCUT2D eigenvalue weighted by Crippen LogP contribution is -2.15. The largest absolute Gasteiger partial charge is 0.497 e. The lowest BCUT2D eigenvalue weighted by Gasteiger charge is -2.13. The monoisotopic (exact) mass is 305 g/mol. The third kappa shape index (κ3) is 3.95. The highest BCUT2D eigenvalue weighted by molar-refractivity contribution is 6.30. The lowest BCUT2D eigenvalue weighted by molar-refractivity contribution is -0.138. The number of pyridine rings is 1. The molecule has 1 aromatic heterocycles. The highest BCUT2D eigenvalue weighted by Crippen LogP contribution is 2.24. The summed E-state index contributed by atoms with van der Waals surface area (Å²) in [6.45, 7) is 1.85. The Hall–Kier alpha value is -2.07. The third-order valence-electron chi connectivity index (χ3n) is 3.20. The molecule has 0 aliphatic rings. The van der Waals surface area contributed by atoms with Gasteiger partial charge in [-0.1, -0.05) is 23.7 Å². The molecule has 0 aliphatic heterocycles. The molecule has 110 valence electrons. The fourth-order valence-electron chi connectivity index (χ4n) is 2.18. The minimum atomic E-state index is -0.889. The van der Waals surface area contributed by atoms with Gasteiger partial charge in [0.1, 0.15) is 5.75 Å². The van der Waals surface area contributed by atoms with Crippen LogP contribution in [0.2, 0.25) is 5.02 Å². The summed E-state index contributed by atoms with van der Waals surface area (Å²) < 4.78 is 5.19. The van der Waals surface area contributed by atoms with Crippen molar-refractivity contribution >= 4 is 17.6 Å². The van der Waals surface area contributed by atoms with Gasteiger partial charge in [-0.05, 0) is 24.6 Å². The predicted octanol–water partition coefficient (Wildman–Crippen LogP) is 3.46. The number of methoxy groups -OCH3 is 1. The summed E-state index contributed by atoms with van der Waals surface area (Å²) in [5.41, 5.74) is 2.19. The van der Waals surface area contributed by atoms with Crippen molar-refractivity contribution < 1.29 is 14.6 Å². The molecule has 0 radical (unpaired) electrons. The number of hydrogen-bond acceptors (Lipinski definition) is 3. The summed E-state index contributed by atoms with van der Waals surface area (Å²) in [5.74, 6) is -0.876. The van der Waals surface area contributed by atoms with Crippen molar-refractivity contribution in [2.75, 3.05) is 7.11 Å². The van der Waals surface area contributed by atoms with Crippen molar-refractivity contribution in [3.63, 3.8) is 0 Å². The number of ether oxygens (including phenoxy) is 1. The second-order valence-electron chi connectivity index (χ2n) is 4.79. The quantitative estimate of drug-likeness (QED) is 0.919. The Morgan fingerprint density at radius 3 is 2.57 bits per heavy atom. The Labute approximate surface area is 128 Å². The highest BCUT2D eigenvalue weighted by atomic mass is 35.5. The average molecular weight is 306 g/mol. The summed E-state index contributed by atoms with van der Waals surface area (Å²) in [7, 11) is 1.58. The molecule has 0 spiro atoms. The second-order valence-corrected chi connectivity index (χ2v) is 5.22. The number of hydrogen-bond donors (Lipinski definition) is 1. The van der Waals surface area contributed by atoms with E-state index in [4.69, 9.17) is 16.3 Å². The fourth-order valence-corrected chi connectivity index (χ4v) is 2.30. The molecule has 0 aliphatic carbocycles. The molecule has 1 aromatic carbocycles. The van der Waals surface area contributed by atoms with E-state index in [-0.39, 0.29) is 0 Å². The van der Waals surface area contributed by atoms with Crippen LogP contribution in [0.25, 0.3) is 0 Å². The maximum atomic E-state index is 11.5. The Balaban J connectivity index is 2.30. The summed E-state index contributed by atoms with van der Waals surface area (Å²) in [4.78, 5) is 15.9. The van der Waals surface area contributed by atoms with Gasteiger partial charge in [0.15, 0.2) is 0 Å². The number of benzene rings is 1. The lowest BCUT2D eigenvalue weighted by atomic mass is 9.94. The molecule has 1 N–H and O–H groups in total. The van der Waals surface area contributed by atoms with Crippen molar-refractivity contribution in [3.8, 4) is 5.75 Å². The van der Waals surface area contributed by atoms with Crippen LogP contribution in [0.5, 0.6) is 5.75 Å². The van der Waals surface area contributed by atoms with Gasteiger partial charge >= 0.3 is 5.97 Å². The van der Waals surface area contributed by atoms with Crippen LogP contribution in [-0.2, 0) is 11.2 Å².